The smallest absolute Gasteiger partial charge is 0.251 e. The minimum Gasteiger partial charge on any atom is -0.330 e. The Morgan fingerprint density at radius 1 is 1.41 bits per heavy atom. The highest BCUT2D eigenvalue weighted by Crippen LogP contribution is 2.09. The lowest BCUT2D eigenvalue weighted by molar-refractivity contribution is 0.558. The van der Waals surface area contributed by atoms with Crippen molar-refractivity contribution < 1.29 is 0 Å². The fourth-order valence-electron chi connectivity index (χ4n) is 1.83. The number of aromatic nitrogens is 3. The first-order valence-electron chi connectivity index (χ1n) is 5.75. The van der Waals surface area contributed by atoms with Gasteiger partial charge < -0.3 is 9.13 Å². The van der Waals surface area contributed by atoms with Crippen molar-refractivity contribution in [1.82, 2.24) is 14.1 Å². The van der Waals surface area contributed by atoms with Gasteiger partial charge in [-0.3, -0.25) is 4.79 Å². The second-order valence-corrected chi connectivity index (χ2v) is 4.56. The molecule has 0 unspecified atom stereocenters. The van der Waals surface area contributed by atoms with Crippen LogP contribution in [0.4, 0.5) is 0 Å². The zero-order valence-electron chi connectivity index (χ0n) is 10.4. The Balaban J connectivity index is 2.32. The van der Waals surface area contributed by atoms with Crippen LogP contribution in [0, 0.1) is 6.92 Å². The van der Waals surface area contributed by atoms with E-state index in [2.05, 4.69) is 23.4 Å². The Morgan fingerprint density at radius 2 is 2.18 bits per heavy atom. The lowest BCUT2D eigenvalue weighted by Crippen LogP contribution is -2.21. The van der Waals surface area contributed by atoms with Gasteiger partial charge in [0.1, 0.15) is 0 Å². The van der Waals surface area contributed by atoms with Crippen LogP contribution in [-0.2, 0) is 6.54 Å². The molecule has 0 aliphatic heterocycles. The van der Waals surface area contributed by atoms with Crippen LogP contribution in [0.2, 0.25) is 0 Å². The van der Waals surface area contributed by atoms with Gasteiger partial charge >= 0.3 is 0 Å². The summed E-state index contributed by atoms with van der Waals surface area (Å²) in [6.45, 7) is 6.69. The lowest BCUT2D eigenvalue weighted by Gasteiger charge is -2.12. The molecular weight excluding hydrogens is 214 g/mol. The molecule has 0 atom stereocenters. The van der Waals surface area contributed by atoms with Crippen molar-refractivity contribution in [1.29, 1.82) is 0 Å². The standard InChI is InChI=1S/C13H17N3O/c1-10(2)16-9-14-7-12(16)8-15-5-4-11(3)6-13(15)17/h4-7,9-10H,8H2,1-3H3. The largest absolute Gasteiger partial charge is 0.330 e. The van der Waals surface area contributed by atoms with Crippen LogP contribution in [0.1, 0.15) is 31.1 Å². The average Bonchev–Trinajstić information content (AvgIpc) is 2.70. The zero-order chi connectivity index (χ0) is 12.4. The molecule has 4 heteroatoms. The Kier molecular flexibility index (Phi) is 3.13. The van der Waals surface area contributed by atoms with E-state index in [1.54, 1.807) is 17.0 Å². The molecule has 0 saturated carbocycles. The van der Waals surface area contributed by atoms with Crippen molar-refractivity contribution in [2.75, 3.05) is 0 Å². The predicted octanol–water partition coefficient (Wildman–Crippen LogP) is 1.98. The third-order valence-electron chi connectivity index (χ3n) is 2.79. The van der Waals surface area contributed by atoms with Crippen molar-refractivity contribution in [2.24, 2.45) is 0 Å². The number of aryl methyl sites for hydroxylation is 1. The summed E-state index contributed by atoms with van der Waals surface area (Å²) in [5, 5.41) is 0. The molecule has 4 nitrogen and oxygen atoms in total. The van der Waals surface area contributed by atoms with E-state index in [1.807, 2.05) is 25.4 Å². The third kappa shape index (κ3) is 2.46. The van der Waals surface area contributed by atoms with Crippen LogP contribution >= 0.6 is 0 Å². The molecule has 0 fully saturated rings. The molecular formula is C13H17N3O. The monoisotopic (exact) mass is 231 g/mol. The Hall–Kier alpha value is -1.84. The molecule has 17 heavy (non-hydrogen) atoms. The van der Waals surface area contributed by atoms with E-state index >= 15 is 0 Å². The molecule has 0 aliphatic rings. The van der Waals surface area contributed by atoms with Crippen molar-refractivity contribution in [3.05, 3.63) is 52.5 Å². The van der Waals surface area contributed by atoms with Gasteiger partial charge in [0.2, 0.25) is 0 Å². The Morgan fingerprint density at radius 3 is 2.82 bits per heavy atom. The maximum atomic E-state index is 11.8. The summed E-state index contributed by atoms with van der Waals surface area (Å²) in [6, 6.07) is 3.95. The third-order valence-corrected chi connectivity index (χ3v) is 2.79. The fourth-order valence-corrected chi connectivity index (χ4v) is 1.83. The van der Waals surface area contributed by atoms with E-state index in [0.29, 0.717) is 12.6 Å². The second kappa shape index (κ2) is 4.57. The summed E-state index contributed by atoms with van der Waals surface area (Å²) >= 11 is 0. The maximum Gasteiger partial charge on any atom is 0.251 e. The zero-order valence-corrected chi connectivity index (χ0v) is 10.4. The van der Waals surface area contributed by atoms with E-state index in [-0.39, 0.29) is 5.56 Å². The molecule has 0 N–H and O–H groups in total. The van der Waals surface area contributed by atoms with Crippen LogP contribution in [0.25, 0.3) is 0 Å². The van der Waals surface area contributed by atoms with Gasteiger partial charge in [-0.15, -0.1) is 0 Å². The molecule has 2 rings (SSSR count). The first-order valence-corrected chi connectivity index (χ1v) is 5.75. The van der Waals surface area contributed by atoms with Crippen molar-refractivity contribution in [3.8, 4) is 0 Å². The van der Waals surface area contributed by atoms with Crippen LogP contribution in [0.15, 0.2) is 35.6 Å². The molecule has 90 valence electrons. The number of pyridine rings is 1. The summed E-state index contributed by atoms with van der Waals surface area (Å²) in [6.07, 6.45) is 5.45. The minimum atomic E-state index is 0.0292. The normalized spacial score (nSPS) is 11.1. The molecule has 0 radical (unpaired) electrons. The number of hydrogen-bond donors (Lipinski definition) is 0. The summed E-state index contributed by atoms with van der Waals surface area (Å²) in [4.78, 5) is 15.9. The highest BCUT2D eigenvalue weighted by molar-refractivity contribution is 5.10. The van der Waals surface area contributed by atoms with Crippen molar-refractivity contribution in [3.63, 3.8) is 0 Å². The number of hydrogen-bond acceptors (Lipinski definition) is 2. The van der Waals surface area contributed by atoms with Gasteiger partial charge in [-0.05, 0) is 32.4 Å². The second-order valence-electron chi connectivity index (χ2n) is 4.56. The van der Waals surface area contributed by atoms with E-state index in [9.17, 15) is 4.79 Å². The van der Waals surface area contributed by atoms with Gasteiger partial charge in [0.15, 0.2) is 0 Å². The van der Waals surface area contributed by atoms with E-state index < -0.39 is 0 Å². The molecule has 2 aromatic rings. The summed E-state index contributed by atoms with van der Waals surface area (Å²) in [5.74, 6) is 0. The van der Waals surface area contributed by atoms with E-state index in [1.165, 1.54) is 0 Å². The number of rotatable bonds is 3. The van der Waals surface area contributed by atoms with Gasteiger partial charge in [0, 0.05) is 24.5 Å². The first kappa shape index (κ1) is 11.6. The van der Waals surface area contributed by atoms with Crippen LogP contribution in [0.5, 0.6) is 0 Å². The van der Waals surface area contributed by atoms with Gasteiger partial charge in [-0.2, -0.15) is 0 Å². The van der Waals surface area contributed by atoms with Crippen molar-refractivity contribution in [2.45, 2.75) is 33.4 Å². The molecule has 0 spiro atoms. The fraction of sp³-hybridized carbons (Fsp3) is 0.385. The van der Waals surface area contributed by atoms with Crippen LogP contribution < -0.4 is 5.56 Å². The van der Waals surface area contributed by atoms with Crippen LogP contribution in [-0.4, -0.2) is 14.1 Å². The molecule has 0 aromatic carbocycles. The molecule has 0 saturated heterocycles. The SMILES string of the molecule is Cc1ccn(Cc2cncn2C(C)C)c(=O)c1. The molecule has 0 amide bonds. The molecule has 0 aliphatic carbocycles. The van der Waals surface area contributed by atoms with Gasteiger partial charge in [0.25, 0.3) is 5.56 Å². The topological polar surface area (TPSA) is 39.8 Å². The highest BCUT2D eigenvalue weighted by atomic mass is 16.1. The van der Waals surface area contributed by atoms with Gasteiger partial charge in [-0.25, -0.2) is 4.98 Å². The van der Waals surface area contributed by atoms with E-state index in [4.69, 9.17) is 0 Å². The van der Waals surface area contributed by atoms with Crippen LogP contribution in [0.3, 0.4) is 0 Å². The van der Waals surface area contributed by atoms with E-state index in [0.717, 1.165) is 11.3 Å². The van der Waals surface area contributed by atoms with Gasteiger partial charge in [-0.1, -0.05) is 0 Å². The minimum absolute atomic E-state index is 0.0292. The molecule has 2 heterocycles. The Bertz CT molecular complexity index is 566. The Labute approximate surface area is 101 Å². The summed E-state index contributed by atoms with van der Waals surface area (Å²) < 4.78 is 3.77. The number of nitrogens with zero attached hydrogens (tertiary/aromatic N) is 3. The molecule has 0 bridgehead atoms. The predicted molar refractivity (Wildman–Crippen MR) is 67.2 cm³/mol. The first-order chi connectivity index (χ1) is 8.08. The lowest BCUT2D eigenvalue weighted by atomic mass is 10.3. The summed E-state index contributed by atoms with van der Waals surface area (Å²) in [5.41, 5.74) is 2.07. The summed E-state index contributed by atoms with van der Waals surface area (Å²) in [7, 11) is 0. The quantitative estimate of drug-likeness (QED) is 0.810. The maximum absolute atomic E-state index is 11.8. The number of imidazole rings is 1. The average molecular weight is 231 g/mol. The highest BCUT2D eigenvalue weighted by Gasteiger charge is 2.06. The molecule has 2 aromatic heterocycles. The van der Waals surface area contributed by atoms with Gasteiger partial charge in [0.05, 0.1) is 18.6 Å². The van der Waals surface area contributed by atoms with Crippen molar-refractivity contribution >= 4 is 0 Å².